The number of amides is 2. The summed E-state index contributed by atoms with van der Waals surface area (Å²) in [7, 11) is 6.04. The Hall–Kier alpha value is -3.55. The van der Waals surface area contributed by atoms with Crippen molar-refractivity contribution in [3.05, 3.63) is 53.9 Å². The molecular formula is C21H23FN2O5. The van der Waals surface area contributed by atoms with Crippen LogP contribution in [-0.4, -0.2) is 51.6 Å². The molecule has 2 amide bonds. The van der Waals surface area contributed by atoms with Gasteiger partial charge in [-0.1, -0.05) is 0 Å². The van der Waals surface area contributed by atoms with Gasteiger partial charge in [-0.2, -0.15) is 0 Å². The molecule has 8 heteroatoms. The van der Waals surface area contributed by atoms with E-state index in [1.807, 2.05) is 0 Å². The van der Waals surface area contributed by atoms with Crippen LogP contribution in [-0.2, 0) is 9.59 Å². The lowest BCUT2D eigenvalue weighted by molar-refractivity contribution is -0.129. The molecule has 7 nitrogen and oxygen atoms in total. The van der Waals surface area contributed by atoms with Crippen LogP contribution in [0.15, 0.2) is 42.5 Å². The number of ether oxygens (including phenoxy) is 3. The van der Waals surface area contributed by atoms with E-state index in [2.05, 4.69) is 5.32 Å². The lowest BCUT2D eigenvalue weighted by Crippen LogP contribution is -2.33. The maximum absolute atomic E-state index is 12.9. The minimum atomic E-state index is -0.399. The van der Waals surface area contributed by atoms with Gasteiger partial charge in [-0.3, -0.25) is 9.59 Å². The summed E-state index contributed by atoms with van der Waals surface area (Å²) in [6.07, 6.45) is 2.90. The number of hydrogen-bond acceptors (Lipinski definition) is 5. The summed E-state index contributed by atoms with van der Waals surface area (Å²) < 4.78 is 28.7. The number of likely N-dealkylation sites (N-methyl/N-ethyl adjacent to an activating group) is 1. The molecule has 1 N–H and O–H groups in total. The van der Waals surface area contributed by atoms with E-state index in [9.17, 15) is 14.0 Å². The van der Waals surface area contributed by atoms with Gasteiger partial charge in [0, 0.05) is 30.4 Å². The summed E-state index contributed by atoms with van der Waals surface area (Å²) in [5, 5.41) is 2.60. The SMILES string of the molecule is COc1cc(OC)c(OC)cc1/C=C/C(=O)N(C)CC(=O)Nc1ccc(F)cc1. The number of benzene rings is 2. The van der Waals surface area contributed by atoms with Crippen LogP contribution < -0.4 is 19.5 Å². The van der Waals surface area contributed by atoms with Crippen molar-refractivity contribution in [3.8, 4) is 17.2 Å². The number of methoxy groups -OCH3 is 3. The highest BCUT2D eigenvalue weighted by molar-refractivity contribution is 5.98. The summed E-state index contributed by atoms with van der Waals surface area (Å²) in [5.74, 6) is 0.324. The van der Waals surface area contributed by atoms with Gasteiger partial charge in [-0.15, -0.1) is 0 Å². The third-order valence-corrected chi connectivity index (χ3v) is 4.03. The average molecular weight is 402 g/mol. The van der Waals surface area contributed by atoms with E-state index in [1.165, 1.54) is 63.6 Å². The maximum Gasteiger partial charge on any atom is 0.246 e. The van der Waals surface area contributed by atoms with Gasteiger partial charge in [-0.25, -0.2) is 4.39 Å². The predicted octanol–water partition coefficient (Wildman–Crippen LogP) is 2.96. The zero-order valence-electron chi connectivity index (χ0n) is 16.7. The average Bonchev–Trinajstić information content (AvgIpc) is 2.72. The first-order chi connectivity index (χ1) is 13.9. The van der Waals surface area contributed by atoms with Crippen molar-refractivity contribution < 1.29 is 28.2 Å². The molecule has 0 aliphatic heterocycles. The minimum Gasteiger partial charge on any atom is -0.496 e. The highest BCUT2D eigenvalue weighted by Gasteiger charge is 2.13. The van der Waals surface area contributed by atoms with E-state index in [-0.39, 0.29) is 12.5 Å². The van der Waals surface area contributed by atoms with Gasteiger partial charge < -0.3 is 24.4 Å². The molecule has 0 unspecified atom stereocenters. The molecule has 0 heterocycles. The molecule has 0 atom stereocenters. The molecule has 2 rings (SSSR count). The summed E-state index contributed by atoms with van der Waals surface area (Å²) in [6.45, 7) is -0.163. The maximum atomic E-state index is 12.9. The number of carbonyl (C=O) groups excluding carboxylic acids is 2. The first-order valence-corrected chi connectivity index (χ1v) is 8.66. The largest absolute Gasteiger partial charge is 0.496 e. The van der Waals surface area contributed by atoms with Crippen LogP contribution in [0, 0.1) is 5.82 Å². The molecule has 0 radical (unpaired) electrons. The topological polar surface area (TPSA) is 77.1 Å². The molecule has 0 bridgehead atoms. The van der Waals surface area contributed by atoms with Crippen LogP contribution in [0.5, 0.6) is 17.2 Å². The van der Waals surface area contributed by atoms with Crippen molar-refractivity contribution in [2.24, 2.45) is 0 Å². The van der Waals surface area contributed by atoms with Gasteiger partial charge in [0.05, 0.1) is 27.9 Å². The zero-order valence-corrected chi connectivity index (χ0v) is 16.7. The van der Waals surface area contributed by atoms with Crippen LogP contribution in [0.3, 0.4) is 0 Å². The van der Waals surface area contributed by atoms with E-state index >= 15 is 0 Å². The number of anilines is 1. The Labute approximate surface area is 168 Å². The first kappa shape index (κ1) is 21.7. The Kier molecular flexibility index (Phi) is 7.59. The van der Waals surface area contributed by atoms with Crippen molar-refractivity contribution in [2.45, 2.75) is 0 Å². The second kappa shape index (κ2) is 10.1. The van der Waals surface area contributed by atoms with Gasteiger partial charge in [0.15, 0.2) is 11.5 Å². The third kappa shape index (κ3) is 5.97. The Morgan fingerprint density at radius 2 is 1.59 bits per heavy atom. The molecule has 0 aliphatic rings. The second-order valence-electron chi connectivity index (χ2n) is 6.03. The highest BCUT2D eigenvalue weighted by Crippen LogP contribution is 2.35. The lowest BCUT2D eigenvalue weighted by Gasteiger charge is -2.15. The smallest absolute Gasteiger partial charge is 0.246 e. The molecule has 0 saturated heterocycles. The van der Waals surface area contributed by atoms with Crippen molar-refractivity contribution in [1.29, 1.82) is 0 Å². The fourth-order valence-corrected chi connectivity index (χ4v) is 2.50. The molecule has 0 spiro atoms. The predicted molar refractivity (Wildman–Crippen MR) is 108 cm³/mol. The van der Waals surface area contributed by atoms with Gasteiger partial charge >= 0.3 is 0 Å². The number of nitrogens with one attached hydrogen (secondary N) is 1. The van der Waals surface area contributed by atoms with Crippen LogP contribution in [0.2, 0.25) is 0 Å². The highest BCUT2D eigenvalue weighted by atomic mass is 19.1. The molecule has 0 fully saturated rings. The Balaban J connectivity index is 2.03. The van der Waals surface area contributed by atoms with Gasteiger partial charge in [-0.05, 0) is 36.4 Å². The first-order valence-electron chi connectivity index (χ1n) is 8.66. The van der Waals surface area contributed by atoms with Crippen LogP contribution in [0.25, 0.3) is 6.08 Å². The van der Waals surface area contributed by atoms with Gasteiger partial charge in [0.25, 0.3) is 0 Å². The Morgan fingerprint density at radius 3 is 2.17 bits per heavy atom. The monoisotopic (exact) mass is 402 g/mol. The molecule has 2 aromatic rings. The quantitative estimate of drug-likeness (QED) is 0.687. The number of rotatable bonds is 8. The molecule has 2 aromatic carbocycles. The standard InChI is InChI=1S/C21H23FN2O5/c1-24(13-20(25)23-16-8-6-15(22)7-9-16)21(26)10-5-14-11-18(28-3)19(29-4)12-17(14)27-2/h5-12H,13H2,1-4H3,(H,23,25)/b10-5+. The van der Waals surface area contributed by atoms with Gasteiger partial charge in [0.2, 0.25) is 11.8 Å². The molecular weight excluding hydrogens is 379 g/mol. The number of halogens is 1. The third-order valence-electron chi connectivity index (χ3n) is 4.03. The van der Waals surface area contributed by atoms with Crippen molar-refractivity contribution in [1.82, 2.24) is 4.90 Å². The van der Waals surface area contributed by atoms with Crippen LogP contribution in [0.4, 0.5) is 10.1 Å². The molecule has 0 saturated carbocycles. The van der Waals surface area contributed by atoms with Crippen LogP contribution >= 0.6 is 0 Å². The van der Waals surface area contributed by atoms with E-state index in [4.69, 9.17) is 14.2 Å². The number of nitrogens with zero attached hydrogens (tertiary/aromatic N) is 1. The van der Waals surface area contributed by atoms with Crippen molar-refractivity contribution in [3.63, 3.8) is 0 Å². The Morgan fingerprint density at radius 1 is 1.00 bits per heavy atom. The van der Waals surface area contributed by atoms with Crippen molar-refractivity contribution in [2.75, 3.05) is 40.2 Å². The summed E-state index contributed by atoms with van der Waals surface area (Å²) in [6, 6.07) is 8.70. The summed E-state index contributed by atoms with van der Waals surface area (Å²) in [4.78, 5) is 25.7. The number of hydrogen-bond donors (Lipinski definition) is 1. The van der Waals surface area contributed by atoms with E-state index < -0.39 is 11.7 Å². The molecule has 0 aromatic heterocycles. The Bertz CT molecular complexity index is 897. The van der Waals surface area contributed by atoms with Crippen LogP contribution in [0.1, 0.15) is 5.56 Å². The second-order valence-corrected chi connectivity index (χ2v) is 6.03. The van der Waals surface area contributed by atoms with E-state index in [1.54, 1.807) is 18.2 Å². The van der Waals surface area contributed by atoms with Gasteiger partial charge in [0.1, 0.15) is 11.6 Å². The minimum absolute atomic E-state index is 0.163. The van der Waals surface area contributed by atoms with E-state index in [0.717, 1.165) is 0 Å². The normalized spacial score (nSPS) is 10.5. The molecule has 0 aliphatic carbocycles. The molecule has 154 valence electrons. The van der Waals surface area contributed by atoms with E-state index in [0.29, 0.717) is 28.5 Å². The lowest BCUT2D eigenvalue weighted by atomic mass is 10.1. The van der Waals surface area contributed by atoms with Crippen molar-refractivity contribution >= 4 is 23.6 Å². The molecule has 29 heavy (non-hydrogen) atoms. The fourth-order valence-electron chi connectivity index (χ4n) is 2.50. The zero-order chi connectivity index (χ0) is 21.4. The summed E-state index contributed by atoms with van der Waals surface area (Å²) >= 11 is 0. The summed E-state index contributed by atoms with van der Waals surface area (Å²) in [5.41, 5.74) is 1.06. The number of carbonyl (C=O) groups is 2. The fraction of sp³-hybridized carbons (Fsp3) is 0.238.